The van der Waals surface area contributed by atoms with Crippen LogP contribution in [0, 0.1) is 6.92 Å². The summed E-state index contributed by atoms with van der Waals surface area (Å²) in [5.74, 6) is 0.621. The van der Waals surface area contributed by atoms with Gasteiger partial charge in [0, 0.05) is 26.2 Å². The van der Waals surface area contributed by atoms with Crippen molar-refractivity contribution in [3.05, 3.63) is 29.8 Å². The molecule has 1 heterocycles. The molecule has 0 bridgehead atoms. The lowest BCUT2D eigenvalue weighted by atomic mass is 10.2. The van der Waals surface area contributed by atoms with Gasteiger partial charge < -0.3 is 19.3 Å². The molecule has 1 aromatic carbocycles. The standard InChI is InChI=1S/C17H24N2O4/c1-4-22-17(21)19-11-9-18(10-12-19)16(20)14(3)23-15-7-5-13(2)6-8-15/h5-8,14H,4,9-12H2,1-3H3/t14-/m1/s1. The Balaban J connectivity index is 1.84. The van der Waals surface area contributed by atoms with Crippen molar-refractivity contribution in [3.63, 3.8) is 0 Å². The van der Waals surface area contributed by atoms with E-state index in [9.17, 15) is 9.59 Å². The molecule has 23 heavy (non-hydrogen) atoms. The molecule has 0 aliphatic carbocycles. The van der Waals surface area contributed by atoms with Crippen LogP contribution in [0.5, 0.6) is 5.75 Å². The van der Waals surface area contributed by atoms with E-state index in [2.05, 4.69) is 0 Å². The van der Waals surface area contributed by atoms with Crippen LogP contribution < -0.4 is 4.74 Å². The second-order valence-electron chi connectivity index (χ2n) is 5.58. The first-order valence-corrected chi connectivity index (χ1v) is 7.95. The zero-order valence-electron chi connectivity index (χ0n) is 13.9. The second-order valence-corrected chi connectivity index (χ2v) is 5.58. The van der Waals surface area contributed by atoms with Crippen LogP contribution in [0.2, 0.25) is 0 Å². The molecule has 6 nitrogen and oxygen atoms in total. The number of rotatable bonds is 4. The normalized spacial score (nSPS) is 16.0. The zero-order valence-corrected chi connectivity index (χ0v) is 13.9. The van der Waals surface area contributed by atoms with Gasteiger partial charge in [-0.25, -0.2) is 4.79 Å². The third kappa shape index (κ3) is 4.61. The predicted molar refractivity (Wildman–Crippen MR) is 86.4 cm³/mol. The molecular weight excluding hydrogens is 296 g/mol. The third-order valence-corrected chi connectivity index (χ3v) is 3.80. The Morgan fingerprint density at radius 3 is 2.22 bits per heavy atom. The summed E-state index contributed by atoms with van der Waals surface area (Å²) >= 11 is 0. The molecule has 0 radical (unpaired) electrons. The van der Waals surface area contributed by atoms with Gasteiger partial charge in [-0.15, -0.1) is 0 Å². The molecule has 1 atom stereocenters. The summed E-state index contributed by atoms with van der Waals surface area (Å²) in [6.45, 7) is 7.87. The SMILES string of the molecule is CCOC(=O)N1CCN(C(=O)[C@@H](C)Oc2ccc(C)cc2)CC1. The lowest BCUT2D eigenvalue weighted by Gasteiger charge is -2.35. The summed E-state index contributed by atoms with van der Waals surface area (Å²) in [5, 5.41) is 0. The number of amides is 2. The van der Waals surface area contributed by atoms with Crippen LogP contribution in [0.3, 0.4) is 0 Å². The van der Waals surface area contributed by atoms with E-state index in [4.69, 9.17) is 9.47 Å². The van der Waals surface area contributed by atoms with Gasteiger partial charge in [0.1, 0.15) is 5.75 Å². The molecule has 0 unspecified atom stereocenters. The van der Waals surface area contributed by atoms with Crippen molar-refractivity contribution in [2.24, 2.45) is 0 Å². The number of hydrogen-bond donors (Lipinski definition) is 0. The maximum absolute atomic E-state index is 12.4. The number of nitrogens with zero attached hydrogens (tertiary/aromatic N) is 2. The van der Waals surface area contributed by atoms with Crippen LogP contribution in [-0.2, 0) is 9.53 Å². The van der Waals surface area contributed by atoms with Crippen molar-refractivity contribution in [2.45, 2.75) is 26.9 Å². The van der Waals surface area contributed by atoms with Crippen LogP contribution in [-0.4, -0.2) is 60.7 Å². The monoisotopic (exact) mass is 320 g/mol. The lowest BCUT2D eigenvalue weighted by Crippen LogP contribution is -2.53. The van der Waals surface area contributed by atoms with Crippen LogP contribution in [0.1, 0.15) is 19.4 Å². The maximum Gasteiger partial charge on any atom is 0.409 e. The molecule has 2 rings (SSSR count). The highest BCUT2D eigenvalue weighted by Gasteiger charge is 2.28. The molecule has 6 heteroatoms. The Labute approximate surface area is 137 Å². The van der Waals surface area contributed by atoms with Crippen LogP contribution in [0.15, 0.2) is 24.3 Å². The van der Waals surface area contributed by atoms with Gasteiger partial charge >= 0.3 is 6.09 Å². The Morgan fingerprint density at radius 2 is 1.65 bits per heavy atom. The highest BCUT2D eigenvalue weighted by atomic mass is 16.6. The molecular formula is C17H24N2O4. The molecule has 126 valence electrons. The minimum absolute atomic E-state index is 0.0610. The van der Waals surface area contributed by atoms with E-state index < -0.39 is 6.10 Å². The zero-order chi connectivity index (χ0) is 16.8. The molecule has 1 aliphatic rings. The van der Waals surface area contributed by atoms with Crippen molar-refractivity contribution in [1.82, 2.24) is 9.80 Å². The summed E-state index contributed by atoms with van der Waals surface area (Å²) in [7, 11) is 0. The fourth-order valence-corrected chi connectivity index (χ4v) is 2.45. The smallest absolute Gasteiger partial charge is 0.409 e. The average Bonchev–Trinajstić information content (AvgIpc) is 2.56. The van der Waals surface area contributed by atoms with Crippen molar-refractivity contribution < 1.29 is 19.1 Å². The summed E-state index contributed by atoms with van der Waals surface area (Å²) in [6, 6.07) is 7.62. The van der Waals surface area contributed by atoms with E-state index in [1.807, 2.05) is 31.2 Å². The summed E-state index contributed by atoms with van der Waals surface area (Å²) in [5.41, 5.74) is 1.14. The quantitative estimate of drug-likeness (QED) is 0.852. The molecule has 0 saturated carbocycles. The van der Waals surface area contributed by atoms with Gasteiger partial charge in [0.2, 0.25) is 0 Å². The highest BCUT2D eigenvalue weighted by molar-refractivity contribution is 5.81. The van der Waals surface area contributed by atoms with Crippen LogP contribution >= 0.6 is 0 Å². The van der Waals surface area contributed by atoms with Gasteiger partial charge in [-0.2, -0.15) is 0 Å². The van der Waals surface area contributed by atoms with Gasteiger partial charge in [0.25, 0.3) is 5.91 Å². The highest BCUT2D eigenvalue weighted by Crippen LogP contribution is 2.15. The number of carbonyl (C=O) groups is 2. The molecule has 0 N–H and O–H groups in total. The van der Waals surface area contributed by atoms with Crippen molar-refractivity contribution >= 4 is 12.0 Å². The van der Waals surface area contributed by atoms with Gasteiger partial charge in [-0.3, -0.25) is 4.79 Å². The van der Waals surface area contributed by atoms with E-state index in [1.165, 1.54) is 0 Å². The first-order valence-electron chi connectivity index (χ1n) is 7.95. The fraction of sp³-hybridized carbons (Fsp3) is 0.529. The largest absolute Gasteiger partial charge is 0.481 e. The second kappa shape index (κ2) is 7.85. The van der Waals surface area contributed by atoms with E-state index >= 15 is 0 Å². The third-order valence-electron chi connectivity index (χ3n) is 3.80. The average molecular weight is 320 g/mol. The number of hydrogen-bond acceptors (Lipinski definition) is 4. The molecule has 2 amide bonds. The van der Waals surface area contributed by atoms with Crippen LogP contribution in [0.25, 0.3) is 0 Å². The van der Waals surface area contributed by atoms with Crippen molar-refractivity contribution in [1.29, 1.82) is 0 Å². The predicted octanol–water partition coefficient (Wildman–Crippen LogP) is 2.06. The first-order chi connectivity index (χ1) is 11.0. The summed E-state index contributed by atoms with van der Waals surface area (Å²) < 4.78 is 10.7. The number of piperazine rings is 1. The molecule has 0 aromatic heterocycles. The van der Waals surface area contributed by atoms with E-state index in [-0.39, 0.29) is 12.0 Å². The van der Waals surface area contributed by atoms with Crippen molar-refractivity contribution in [2.75, 3.05) is 32.8 Å². The van der Waals surface area contributed by atoms with Crippen molar-refractivity contribution in [3.8, 4) is 5.75 Å². The van der Waals surface area contributed by atoms with E-state index in [1.54, 1.807) is 23.6 Å². The number of carbonyl (C=O) groups excluding carboxylic acids is 2. The Bertz CT molecular complexity index is 536. The summed E-state index contributed by atoms with van der Waals surface area (Å²) in [4.78, 5) is 27.4. The van der Waals surface area contributed by atoms with Crippen LogP contribution in [0.4, 0.5) is 4.79 Å². The Kier molecular flexibility index (Phi) is 5.84. The molecule has 1 aliphatic heterocycles. The molecule has 1 fully saturated rings. The number of benzene rings is 1. The van der Waals surface area contributed by atoms with Gasteiger partial charge in [0.15, 0.2) is 6.10 Å². The topological polar surface area (TPSA) is 59.1 Å². The van der Waals surface area contributed by atoms with Gasteiger partial charge in [-0.05, 0) is 32.9 Å². The minimum Gasteiger partial charge on any atom is -0.481 e. The molecule has 1 saturated heterocycles. The van der Waals surface area contributed by atoms with E-state index in [0.29, 0.717) is 38.5 Å². The maximum atomic E-state index is 12.4. The lowest BCUT2D eigenvalue weighted by molar-refractivity contribution is -0.139. The molecule has 1 aromatic rings. The van der Waals surface area contributed by atoms with Gasteiger partial charge in [-0.1, -0.05) is 17.7 Å². The Hall–Kier alpha value is -2.24. The summed E-state index contributed by atoms with van der Waals surface area (Å²) in [6.07, 6.45) is -0.865. The number of aryl methyl sites for hydroxylation is 1. The fourth-order valence-electron chi connectivity index (χ4n) is 2.45. The Morgan fingerprint density at radius 1 is 1.09 bits per heavy atom. The van der Waals surface area contributed by atoms with Gasteiger partial charge in [0.05, 0.1) is 6.61 Å². The minimum atomic E-state index is -0.549. The number of ether oxygens (including phenoxy) is 2. The van der Waals surface area contributed by atoms with E-state index in [0.717, 1.165) is 5.56 Å². The molecule has 0 spiro atoms. The first kappa shape index (κ1) is 17.1.